The zero-order chi connectivity index (χ0) is 17.9. The van der Waals surface area contributed by atoms with Crippen LogP contribution in [0.2, 0.25) is 0 Å². The summed E-state index contributed by atoms with van der Waals surface area (Å²) >= 11 is 0. The van der Waals surface area contributed by atoms with Crippen LogP contribution in [-0.2, 0) is 24.5 Å². The van der Waals surface area contributed by atoms with Crippen LogP contribution in [0.25, 0.3) is 0 Å². The van der Waals surface area contributed by atoms with Crippen molar-refractivity contribution in [2.24, 2.45) is 13.0 Å². The van der Waals surface area contributed by atoms with Crippen LogP contribution < -0.4 is 5.32 Å². The molecule has 2 aromatic rings. The Balaban J connectivity index is 1.60. The molecule has 3 rings (SSSR count). The fourth-order valence-corrected chi connectivity index (χ4v) is 3.05. The second kappa shape index (κ2) is 7.49. The molecule has 2 aromatic heterocycles. The zero-order valence-corrected chi connectivity index (χ0v) is 13.8. The van der Waals surface area contributed by atoms with E-state index in [1.807, 2.05) is 13.1 Å². The van der Waals surface area contributed by atoms with Crippen molar-refractivity contribution in [2.45, 2.75) is 31.7 Å². The van der Waals surface area contributed by atoms with Gasteiger partial charge in [0.15, 0.2) is 0 Å². The van der Waals surface area contributed by atoms with Gasteiger partial charge in [-0.15, -0.1) is 0 Å². The molecule has 25 heavy (non-hydrogen) atoms. The lowest BCUT2D eigenvalue weighted by Crippen LogP contribution is -2.33. The first-order valence-corrected chi connectivity index (χ1v) is 8.14. The van der Waals surface area contributed by atoms with Gasteiger partial charge >= 0.3 is 6.18 Å². The Hall–Kier alpha value is -2.00. The molecule has 1 N–H and O–H groups in total. The van der Waals surface area contributed by atoms with Gasteiger partial charge in [0.05, 0.1) is 12.2 Å². The maximum atomic E-state index is 12.7. The Morgan fingerprint density at radius 2 is 2.16 bits per heavy atom. The standard InChI is InChI=1S/C16H20F3N5O/c1-24-12(4-7-22-24)15-11(3-2-8-25-15)9-20-10-14-21-6-5-13(23-14)16(17,18)19/h4-7,11,15,20H,2-3,8-10H2,1H3/t11-,15+/m0/s1. The Labute approximate surface area is 143 Å². The first kappa shape index (κ1) is 17.8. The molecule has 0 radical (unpaired) electrons. The van der Waals surface area contributed by atoms with Crippen LogP contribution >= 0.6 is 0 Å². The second-order valence-electron chi connectivity index (χ2n) is 6.06. The van der Waals surface area contributed by atoms with Crippen molar-refractivity contribution in [3.8, 4) is 0 Å². The maximum Gasteiger partial charge on any atom is 0.433 e. The van der Waals surface area contributed by atoms with Crippen LogP contribution in [0, 0.1) is 5.92 Å². The highest BCUT2D eigenvalue weighted by Gasteiger charge is 2.33. The molecule has 0 saturated carbocycles. The van der Waals surface area contributed by atoms with E-state index in [1.54, 1.807) is 10.9 Å². The van der Waals surface area contributed by atoms with Crippen molar-refractivity contribution >= 4 is 0 Å². The van der Waals surface area contributed by atoms with Crippen molar-refractivity contribution in [3.05, 3.63) is 41.7 Å². The van der Waals surface area contributed by atoms with Crippen LogP contribution in [0.3, 0.4) is 0 Å². The third-order valence-electron chi connectivity index (χ3n) is 4.28. The van der Waals surface area contributed by atoms with E-state index in [4.69, 9.17) is 4.74 Å². The number of hydrogen-bond acceptors (Lipinski definition) is 5. The maximum absolute atomic E-state index is 12.7. The molecule has 3 heterocycles. The van der Waals surface area contributed by atoms with E-state index in [9.17, 15) is 13.2 Å². The minimum absolute atomic E-state index is 0.0730. The first-order valence-electron chi connectivity index (χ1n) is 8.14. The molecule has 9 heteroatoms. The lowest BCUT2D eigenvalue weighted by Gasteiger charge is -2.32. The number of nitrogens with one attached hydrogen (secondary N) is 1. The predicted molar refractivity (Wildman–Crippen MR) is 83.4 cm³/mol. The molecule has 1 fully saturated rings. The monoisotopic (exact) mass is 355 g/mol. The topological polar surface area (TPSA) is 64.9 Å². The average Bonchev–Trinajstić information content (AvgIpc) is 3.01. The van der Waals surface area contributed by atoms with Crippen molar-refractivity contribution < 1.29 is 17.9 Å². The quantitative estimate of drug-likeness (QED) is 0.893. The molecule has 0 aliphatic carbocycles. The minimum atomic E-state index is -4.46. The predicted octanol–water partition coefficient (Wildman–Crippen LogP) is 2.49. The summed E-state index contributed by atoms with van der Waals surface area (Å²) in [6, 6.07) is 2.80. The van der Waals surface area contributed by atoms with Crippen molar-refractivity contribution in [1.82, 2.24) is 25.1 Å². The normalized spacial score (nSPS) is 21.4. The third-order valence-corrected chi connectivity index (χ3v) is 4.28. The van der Waals surface area contributed by atoms with Gasteiger partial charge < -0.3 is 10.1 Å². The van der Waals surface area contributed by atoms with E-state index in [1.165, 1.54) is 0 Å². The van der Waals surface area contributed by atoms with Crippen molar-refractivity contribution in [3.63, 3.8) is 0 Å². The Kier molecular flexibility index (Phi) is 5.33. The Bertz CT molecular complexity index is 703. The number of ether oxygens (including phenoxy) is 1. The summed E-state index contributed by atoms with van der Waals surface area (Å²) in [5.41, 5.74) is 0.0786. The zero-order valence-electron chi connectivity index (χ0n) is 13.8. The molecule has 1 aliphatic heterocycles. The number of aryl methyl sites for hydroxylation is 1. The number of aromatic nitrogens is 4. The van der Waals surface area contributed by atoms with E-state index >= 15 is 0 Å². The average molecular weight is 355 g/mol. The first-order chi connectivity index (χ1) is 11.9. The molecule has 1 saturated heterocycles. The van der Waals surface area contributed by atoms with Gasteiger partial charge in [-0.2, -0.15) is 18.3 Å². The summed E-state index contributed by atoms with van der Waals surface area (Å²) in [5, 5.41) is 7.34. The molecule has 0 bridgehead atoms. The summed E-state index contributed by atoms with van der Waals surface area (Å²) in [4.78, 5) is 7.47. The van der Waals surface area contributed by atoms with E-state index in [-0.39, 0.29) is 24.4 Å². The molecular formula is C16H20F3N5O. The fourth-order valence-electron chi connectivity index (χ4n) is 3.05. The van der Waals surface area contributed by atoms with Crippen LogP contribution in [0.1, 0.15) is 36.2 Å². The number of alkyl halides is 3. The smallest absolute Gasteiger partial charge is 0.372 e. The summed E-state index contributed by atoms with van der Waals surface area (Å²) in [5.74, 6) is 0.346. The molecule has 0 amide bonds. The highest BCUT2D eigenvalue weighted by molar-refractivity contribution is 5.08. The second-order valence-corrected chi connectivity index (χ2v) is 6.06. The summed E-state index contributed by atoms with van der Waals surface area (Å²) in [6.07, 6.45) is 0.270. The fraction of sp³-hybridized carbons (Fsp3) is 0.562. The summed E-state index contributed by atoms with van der Waals surface area (Å²) in [6.45, 7) is 1.48. The molecule has 0 unspecified atom stereocenters. The molecular weight excluding hydrogens is 335 g/mol. The SMILES string of the molecule is Cn1nccc1[C@@H]1OCCC[C@H]1CNCc1nccc(C(F)(F)F)n1. The highest BCUT2D eigenvalue weighted by Crippen LogP contribution is 2.33. The van der Waals surface area contributed by atoms with E-state index in [0.717, 1.165) is 30.8 Å². The highest BCUT2D eigenvalue weighted by atomic mass is 19.4. The van der Waals surface area contributed by atoms with E-state index < -0.39 is 11.9 Å². The van der Waals surface area contributed by atoms with Gasteiger partial charge in [0.2, 0.25) is 0 Å². The molecule has 0 aromatic carbocycles. The number of nitrogens with zero attached hydrogens (tertiary/aromatic N) is 4. The number of rotatable bonds is 5. The Morgan fingerprint density at radius 1 is 1.32 bits per heavy atom. The minimum Gasteiger partial charge on any atom is -0.372 e. The number of halogens is 3. The molecule has 0 spiro atoms. The van der Waals surface area contributed by atoms with Gasteiger partial charge in [-0.05, 0) is 25.0 Å². The summed E-state index contributed by atoms with van der Waals surface area (Å²) < 4.78 is 45.8. The van der Waals surface area contributed by atoms with Gasteiger partial charge in [0, 0.05) is 38.5 Å². The van der Waals surface area contributed by atoms with Crippen LogP contribution in [0.5, 0.6) is 0 Å². The lowest BCUT2D eigenvalue weighted by molar-refractivity contribution is -0.141. The van der Waals surface area contributed by atoms with Gasteiger partial charge in [0.1, 0.15) is 17.6 Å². The Morgan fingerprint density at radius 3 is 2.88 bits per heavy atom. The third kappa shape index (κ3) is 4.35. The van der Waals surface area contributed by atoms with Gasteiger partial charge in [-0.25, -0.2) is 9.97 Å². The van der Waals surface area contributed by atoms with E-state index in [2.05, 4.69) is 20.4 Å². The lowest BCUT2D eigenvalue weighted by atomic mass is 9.92. The van der Waals surface area contributed by atoms with Crippen LogP contribution in [0.4, 0.5) is 13.2 Å². The molecule has 2 atom stereocenters. The van der Waals surface area contributed by atoms with E-state index in [0.29, 0.717) is 13.2 Å². The number of hydrogen-bond donors (Lipinski definition) is 1. The van der Waals surface area contributed by atoms with Gasteiger partial charge in [-0.3, -0.25) is 4.68 Å². The molecule has 136 valence electrons. The van der Waals surface area contributed by atoms with Crippen LogP contribution in [-0.4, -0.2) is 32.9 Å². The molecule has 1 aliphatic rings. The van der Waals surface area contributed by atoms with Crippen molar-refractivity contribution in [1.29, 1.82) is 0 Å². The molecule has 6 nitrogen and oxygen atoms in total. The largest absolute Gasteiger partial charge is 0.433 e. The van der Waals surface area contributed by atoms with Crippen LogP contribution in [0.15, 0.2) is 24.5 Å². The van der Waals surface area contributed by atoms with Gasteiger partial charge in [0.25, 0.3) is 0 Å². The van der Waals surface area contributed by atoms with Crippen molar-refractivity contribution in [2.75, 3.05) is 13.2 Å². The van der Waals surface area contributed by atoms with Gasteiger partial charge in [-0.1, -0.05) is 0 Å². The summed E-state index contributed by atoms with van der Waals surface area (Å²) in [7, 11) is 1.87.